The Labute approximate surface area is 356 Å². The summed E-state index contributed by atoms with van der Waals surface area (Å²) >= 11 is 0. The molecule has 328 valence electrons. The molecule has 0 saturated heterocycles. The fourth-order valence-electron chi connectivity index (χ4n) is 6.23. The van der Waals surface area contributed by atoms with Gasteiger partial charge in [0.2, 0.25) is 5.91 Å². The van der Waals surface area contributed by atoms with Gasteiger partial charge in [-0.25, -0.2) is 0 Å². The van der Waals surface area contributed by atoms with Crippen LogP contribution < -0.4 is 5.32 Å². The van der Waals surface area contributed by atoms with Gasteiger partial charge in [-0.2, -0.15) is 0 Å². The standard InChI is InChI=1S/C52H85NO5/c1-4-7-10-13-16-19-21-23-25-27-29-32-34-37-40-43-48(46-51(56)53-49(47-54)50(55)44-41-38-35-31-18-15-12-9-6-3)58-52(57)45-42-39-36-33-30-28-26-24-22-20-17-14-11-8-5-2/h7-8,10-11,14,16-17,19-20,22-26,29,32,37,40,48-50,54-55H,4-6,9,12-13,15,18,21,27-28,30-31,33-36,38-39,41-47H2,1-3H3,(H,53,56)/b10-7-,11-8+,17-14+,19-16-,22-20+,25-23-,26-24-,32-29-,40-37-. The van der Waals surface area contributed by atoms with Crippen LogP contribution >= 0.6 is 0 Å². The highest BCUT2D eigenvalue weighted by molar-refractivity contribution is 5.77. The van der Waals surface area contributed by atoms with Crippen LogP contribution in [0.2, 0.25) is 0 Å². The van der Waals surface area contributed by atoms with Crippen molar-refractivity contribution in [3.63, 3.8) is 0 Å². The molecule has 0 radical (unpaired) electrons. The van der Waals surface area contributed by atoms with Crippen LogP contribution in [-0.2, 0) is 14.3 Å². The van der Waals surface area contributed by atoms with Crippen LogP contribution in [0.25, 0.3) is 0 Å². The number of aliphatic hydroxyl groups is 2. The van der Waals surface area contributed by atoms with Crippen molar-refractivity contribution in [2.24, 2.45) is 0 Å². The van der Waals surface area contributed by atoms with Crippen molar-refractivity contribution < 1.29 is 24.5 Å². The number of hydrogen-bond donors (Lipinski definition) is 3. The van der Waals surface area contributed by atoms with Gasteiger partial charge in [0.05, 0.1) is 25.2 Å². The van der Waals surface area contributed by atoms with E-state index < -0.39 is 18.2 Å². The molecule has 0 aromatic carbocycles. The lowest BCUT2D eigenvalue weighted by atomic mass is 10.0. The third kappa shape index (κ3) is 39.4. The second-order valence-electron chi connectivity index (χ2n) is 15.1. The van der Waals surface area contributed by atoms with E-state index in [1.165, 1.54) is 38.5 Å². The Morgan fingerprint density at radius 3 is 1.60 bits per heavy atom. The third-order valence-electron chi connectivity index (χ3n) is 9.69. The van der Waals surface area contributed by atoms with Crippen LogP contribution in [0.3, 0.4) is 0 Å². The lowest BCUT2D eigenvalue weighted by Gasteiger charge is -2.24. The fourth-order valence-corrected chi connectivity index (χ4v) is 6.23. The Morgan fingerprint density at radius 2 is 1.03 bits per heavy atom. The summed E-state index contributed by atoms with van der Waals surface area (Å²) in [6.07, 6.45) is 60.2. The van der Waals surface area contributed by atoms with Crippen LogP contribution in [-0.4, -0.2) is 46.9 Å². The molecule has 0 spiro atoms. The molecule has 0 aliphatic carbocycles. The minimum absolute atomic E-state index is 0.0177. The summed E-state index contributed by atoms with van der Waals surface area (Å²) in [6, 6.07) is -0.742. The molecule has 3 N–H and O–H groups in total. The van der Waals surface area contributed by atoms with Gasteiger partial charge in [0.25, 0.3) is 0 Å². The van der Waals surface area contributed by atoms with Crippen molar-refractivity contribution in [3.8, 4) is 0 Å². The average Bonchev–Trinajstić information content (AvgIpc) is 3.22. The molecular formula is C52H85NO5. The quantitative estimate of drug-likeness (QED) is 0.0249. The highest BCUT2D eigenvalue weighted by Crippen LogP contribution is 2.15. The van der Waals surface area contributed by atoms with Gasteiger partial charge in [0.15, 0.2) is 0 Å². The minimum Gasteiger partial charge on any atom is -0.461 e. The van der Waals surface area contributed by atoms with Crippen molar-refractivity contribution in [2.45, 2.75) is 200 Å². The van der Waals surface area contributed by atoms with Gasteiger partial charge in [-0.15, -0.1) is 0 Å². The Morgan fingerprint density at radius 1 is 0.552 bits per heavy atom. The number of aliphatic hydroxyl groups excluding tert-OH is 2. The minimum atomic E-state index is -0.821. The number of nitrogens with one attached hydrogen (secondary N) is 1. The first-order valence-electron chi connectivity index (χ1n) is 23.2. The van der Waals surface area contributed by atoms with E-state index in [0.29, 0.717) is 19.3 Å². The number of carbonyl (C=O) groups excluding carboxylic acids is 2. The molecule has 0 aromatic heterocycles. The molecule has 0 bridgehead atoms. The number of amides is 1. The zero-order valence-corrected chi connectivity index (χ0v) is 37.1. The predicted octanol–water partition coefficient (Wildman–Crippen LogP) is 13.6. The Bertz CT molecular complexity index is 1220. The maximum Gasteiger partial charge on any atom is 0.306 e. The average molecular weight is 804 g/mol. The molecule has 1 amide bonds. The number of hydrogen-bond acceptors (Lipinski definition) is 5. The summed E-state index contributed by atoms with van der Waals surface area (Å²) in [6.45, 7) is 6.15. The third-order valence-corrected chi connectivity index (χ3v) is 9.69. The van der Waals surface area contributed by atoms with Gasteiger partial charge in [-0.1, -0.05) is 207 Å². The highest BCUT2D eigenvalue weighted by atomic mass is 16.5. The number of unbranched alkanes of at least 4 members (excludes halogenated alkanes) is 13. The Kier molecular flexibility index (Phi) is 41.9. The number of esters is 1. The number of allylic oxidation sites excluding steroid dienone is 17. The van der Waals surface area contributed by atoms with Gasteiger partial charge >= 0.3 is 5.97 Å². The molecule has 0 aliphatic rings. The fraction of sp³-hybridized carbons (Fsp3) is 0.615. The second-order valence-corrected chi connectivity index (χ2v) is 15.1. The zero-order chi connectivity index (χ0) is 42.4. The van der Waals surface area contributed by atoms with E-state index in [0.717, 1.165) is 96.3 Å². The van der Waals surface area contributed by atoms with E-state index in [4.69, 9.17) is 4.74 Å². The molecule has 0 rings (SSSR count). The summed E-state index contributed by atoms with van der Waals surface area (Å²) in [4.78, 5) is 26.0. The zero-order valence-electron chi connectivity index (χ0n) is 37.1. The Balaban J connectivity index is 4.83. The van der Waals surface area contributed by atoms with Crippen molar-refractivity contribution in [3.05, 3.63) is 109 Å². The molecule has 6 heteroatoms. The van der Waals surface area contributed by atoms with Crippen LogP contribution in [0.1, 0.15) is 181 Å². The molecule has 0 heterocycles. The van der Waals surface area contributed by atoms with Gasteiger partial charge in [0, 0.05) is 12.8 Å². The van der Waals surface area contributed by atoms with Gasteiger partial charge in [-0.05, 0) is 64.2 Å². The first-order chi connectivity index (χ1) is 28.5. The predicted molar refractivity (Wildman–Crippen MR) is 250 cm³/mol. The maximum atomic E-state index is 13.1. The van der Waals surface area contributed by atoms with Crippen LogP contribution in [0, 0.1) is 0 Å². The maximum absolute atomic E-state index is 13.1. The van der Waals surface area contributed by atoms with Gasteiger partial charge in [-0.3, -0.25) is 9.59 Å². The summed E-state index contributed by atoms with van der Waals surface area (Å²) in [7, 11) is 0. The second kappa shape index (κ2) is 44.6. The molecule has 0 saturated carbocycles. The molecule has 3 atom stereocenters. The first kappa shape index (κ1) is 54.5. The monoisotopic (exact) mass is 804 g/mol. The van der Waals surface area contributed by atoms with E-state index in [1.807, 2.05) is 36.5 Å². The van der Waals surface area contributed by atoms with Crippen molar-refractivity contribution in [1.29, 1.82) is 0 Å². The number of rotatable bonds is 39. The molecule has 6 nitrogen and oxygen atoms in total. The van der Waals surface area contributed by atoms with Gasteiger partial charge < -0.3 is 20.3 Å². The van der Waals surface area contributed by atoms with E-state index in [1.54, 1.807) is 0 Å². The van der Waals surface area contributed by atoms with Crippen LogP contribution in [0.4, 0.5) is 0 Å². The SMILES string of the molecule is CC/C=C\C/C=C\C/C=C\C/C=C\C/C=C\CC(CC(=O)NC(CO)C(O)CCCCCCCCCCC)OC(=O)CCCCCCC\C=C/C=C/C=C/C=C/CC. The number of carbonyl (C=O) groups is 2. The molecule has 0 aliphatic heterocycles. The van der Waals surface area contributed by atoms with Gasteiger partial charge in [0.1, 0.15) is 6.10 Å². The lowest BCUT2D eigenvalue weighted by molar-refractivity contribution is -0.150. The molecule has 58 heavy (non-hydrogen) atoms. The molecular weight excluding hydrogens is 719 g/mol. The summed E-state index contributed by atoms with van der Waals surface area (Å²) in [5.74, 6) is -0.622. The summed E-state index contributed by atoms with van der Waals surface area (Å²) in [5.41, 5.74) is 0. The highest BCUT2D eigenvalue weighted by Gasteiger charge is 2.23. The largest absolute Gasteiger partial charge is 0.461 e. The molecule has 3 unspecified atom stereocenters. The van der Waals surface area contributed by atoms with Crippen molar-refractivity contribution in [1.82, 2.24) is 5.32 Å². The van der Waals surface area contributed by atoms with Crippen LogP contribution in [0.15, 0.2) is 109 Å². The topological polar surface area (TPSA) is 95.9 Å². The Hall–Kier alpha value is -3.48. The summed E-state index contributed by atoms with van der Waals surface area (Å²) in [5, 5.41) is 23.6. The van der Waals surface area contributed by atoms with E-state index >= 15 is 0 Å². The summed E-state index contributed by atoms with van der Waals surface area (Å²) < 4.78 is 5.83. The van der Waals surface area contributed by atoms with E-state index in [2.05, 4.69) is 99.0 Å². The lowest BCUT2D eigenvalue weighted by Crippen LogP contribution is -2.46. The number of ether oxygens (including phenoxy) is 1. The smallest absolute Gasteiger partial charge is 0.306 e. The van der Waals surface area contributed by atoms with E-state index in [-0.39, 0.29) is 24.9 Å². The molecule has 0 fully saturated rings. The van der Waals surface area contributed by atoms with Crippen molar-refractivity contribution in [2.75, 3.05) is 6.61 Å². The van der Waals surface area contributed by atoms with Crippen LogP contribution in [0.5, 0.6) is 0 Å². The first-order valence-corrected chi connectivity index (χ1v) is 23.2. The van der Waals surface area contributed by atoms with E-state index in [9.17, 15) is 19.8 Å². The van der Waals surface area contributed by atoms with Crippen molar-refractivity contribution >= 4 is 11.9 Å². The normalized spacial score (nSPS) is 14.4. The molecule has 0 aromatic rings.